The van der Waals surface area contributed by atoms with Crippen LogP contribution in [0.15, 0.2) is 24.3 Å². The van der Waals surface area contributed by atoms with Gasteiger partial charge in [-0.2, -0.15) is 0 Å². The minimum atomic E-state index is -0.383. The third-order valence-electron chi connectivity index (χ3n) is 3.10. The van der Waals surface area contributed by atoms with E-state index in [4.69, 9.17) is 9.84 Å². The van der Waals surface area contributed by atoms with Gasteiger partial charge in [0.1, 0.15) is 5.69 Å². The van der Waals surface area contributed by atoms with Crippen molar-refractivity contribution in [3.63, 3.8) is 0 Å². The minimum Gasteiger partial charge on any atom is -0.394 e. The van der Waals surface area contributed by atoms with Crippen molar-refractivity contribution in [3.8, 4) is 0 Å². The van der Waals surface area contributed by atoms with Crippen LogP contribution in [0.1, 0.15) is 6.92 Å². The number of para-hydroxylation sites is 2. The van der Waals surface area contributed by atoms with E-state index in [0.717, 1.165) is 0 Å². The number of morpholine rings is 1. The van der Waals surface area contributed by atoms with Gasteiger partial charge in [-0.1, -0.05) is 12.1 Å². The summed E-state index contributed by atoms with van der Waals surface area (Å²) in [5.41, 5.74) is 0.666. The second-order valence-corrected chi connectivity index (χ2v) is 4.39. The number of anilines is 1. The molecule has 0 radical (unpaired) electrons. The fourth-order valence-corrected chi connectivity index (χ4v) is 2.12. The maximum Gasteiger partial charge on any atom is 0.292 e. The monoisotopic (exact) mass is 252 g/mol. The van der Waals surface area contributed by atoms with Gasteiger partial charge in [-0.25, -0.2) is 0 Å². The highest BCUT2D eigenvalue weighted by Crippen LogP contribution is 2.30. The van der Waals surface area contributed by atoms with Gasteiger partial charge in [0.05, 0.1) is 24.2 Å². The number of hydrogen-bond donors (Lipinski definition) is 1. The largest absolute Gasteiger partial charge is 0.394 e. The molecule has 2 rings (SSSR count). The minimum absolute atomic E-state index is 0.0499. The Kier molecular flexibility index (Phi) is 3.78. The second kappa shape index (κ2) is 5.32. The van der Waals surface area contributed by atoms with Crippen molar-refractivity contribution in [1.82, 2.24) is 0 Å². The third-order valence-corrected chi connectivity index (χ3v) is 3.10. The summed E-state index contributed by atoms with van der Waals surface area (Å²) in [6.07, 6.45) is -0.291. The Morgan fingerprint density at radius 3 is 2.94 bits per heavy atom. The average Bonchev–Trinajstić information content (AvgIpc) is 2.39. The molecule has 98 valence electrons. The molecule has 18 heavy (non-hydrogen) atoms. The molecule has 1 aliphatic rings. The van der Waals surface area contributed by atoms with Crippen molar-refractivity contribution in [2.45, 2.75) is 19.1 Å². The lowest BCUT2D eigenvalue weighted by atomic mass is 10.1. The Hall–Kier alpha value is -1.66. The Labute approximate surface area is 105 Å². The number of benzene rings is 1. The number of hydrogen-bond acceptors (Lipinski definition) is 5. The predicted molar refractivity (Wildman–Crippen MR) is 66.7 cm³/mol. The molecule has 2 unspecified atom stereocenters. The maximum atomic E-state index is 11.0. The van der Waals surface area contributed by atoms with E-state index in [-0.39, 0.29) is 29.4 Å². The van der Waals surface area contributed by atoms with E-state index in [1.165, 1.54) is 6.07 Å². The van der Waals surface area contributed by atoms with Crippen molar-refractivity contribution in [2.75, 3.05) is 24.7 Å². The van der Waals surface area contributed by atoms with E-state index in [1.54, 1.807) is 18.2 Å². The zero-order chi connectivity index (χ0) is 13.1. The smallest absolute Gasteiger partial charge is 0.292 e. The van der Waals surface area contributed by atoms with Gasteiger partial charge in [0.15, 0.2) is 0 Å². The van der Waals surface area contributed by atoms with Crippen LogP contribution in [-0.2, 0) is 4.74 Å². The number of rotatable bonds is 3. The molecule has 0 aromatic heterocycles. The molecule has 1 saturated heterocycles. The molecule has 2 atom stereocenters. The normalized spacial score (nSPS) is 24.0. The first kappa shape index (κ1) is 12.8. The summed E-state index contributed by atoms with van der Waals surface area (Å²) in [4.78, 5) is 12.6. The van der Waals surface area contributed by atoms with Crippen LogP contribution < -0.4 is 4.90 Å². The lowest BCUT2D eigenvalue weighted by Gasteiger charge is -2.38. The standard InChI is InChI=1S/C12H16N2O4/c1-9-8-18-10(7-15)6-13(9)11-4-2-3-5-12(11)14(16)17/h2-5,9-10,15H,6-8H2,1H3. The molecule has 6 nitrogen and oxygen atoms in total. The molecule has 1 aromatic rings. The number of nitro groups is 1. The Morgan fingerprint density at radius 1 is 1.56 bits per heavy atom. The van der Waals surface area contributed by atoms with Gasteiger partial charge in [-0.15, -0.1) is 0 Å². The summed E-state index contributed by atoms with van der Waals surface area (Å²) in [5, 5.41) is 20.2. The number of aliphatic hydroxyl groups excluding tert-OH is 1. The molecule has 6 heteroatoms. The number of aliphatic hydroxyl groups is 1. The van der Waals surface area contributed by atoms with E-state index in [9.17, 15) is 10.1 Å². The second-order valence-electron chi connectivity index (χ2n) is 4.39. The van der Waals surface area contributed by atoms with Crippen LogP contribution in [0.25, 0.3) is 0 Å². The van der Waals surface area contributed by atoms with Crippen LogP contribution in [0, 0.1) is 10.1 Å². The lowest BCUT2D eigenvalue weighted by molar-refractivity contribution is -0.384. The highest BCUT2D eigenvalue weighted by Gasteiger charge is 2.29. The van der Waals surface area contributed by atoms with Gasteiger partial charge in [-0.3, -0.25) is 10.1 Å². The first-order valence-corrected chi connectivity index (χ1v) is 5.86. The van der Waals surface area contributed by atoms with E-state index in [0.29, 0.717) is 18.8 Å². The van der Waals surface area contributed by atoms with Crippen molar-refractivity contribution in [1.29, 1.82) is 0 Å². The zero-order valence-corrected chi connectivity index (χ0v) is 10.2. The molecular weight excluding hydrogens is 236 g/mol. The molecule has 0 saturated carbocycles. The van der Waals surface area contributed by atoms with Gasteiger partial charge >= 0.3 is 0 Å². The molecule has 1 aromatic carbocycles. The molecule has 0 spiro atoms. The quantitative estimate of drug-likeness (QED) is 0.645. The van der Waals surface area contributed by atoms with Gasteiger partial charge in [-0.05, 0) is 13.0 Å². The lowest BCUT2D eigenvalue weighted by Crippen LogP contribution is -2.49. The van der Waals surface area contributed by atoms with Crippen molar-refractivity contribution >= 4 is 11.4 Å². The Balaban J connectivity index is 2.31. The fraction of sp³-hybridized carbons (Fsp3) is 0.500. The maximum absolute atomic E-state index is 11.0. The van der Waals surface area contributed by atoms with Gasteiger partial charge < -0.3 is 14.7 Å². The van der Waals surface area contributed by atoms with Crippen LogP contribution in [0.3, 0.4) is 0 Å². The van der Waals surface area contributed by atoms with E-state index in [1.807, 2.05) is 11.8 Å². The molecule has 1 aliphatic heterocycles. The molecule has 0 amide bonds. The first-order valence-electron chi connectivity index (χ1n) is 5.86. The topological polar surface area (TPSA) is 75.8 Å². The zero-order valence-electron chi connectivity index (χ0n) is 10.2. The van der Waals surface area contributed by atoms with Crippen molar-refractivity contribution in [3.05, 3.63) is 34.4 Å². The van der Waals surface area contributed by atoms with Gasteiger partial charge in [0.2, 0.25) is 0 Å². The van der Waals surface area contributed by atoms with E-state index in [2.05, 4.69) is 0 Å². The Morgan fingerprint density at radius 2 is 2.28 bits per heavy atom. The number of nitrogens with zero attached hydrogens (tertiary/aromatic N) is 2. The van der Waals surface area contributed by atoms with Gasteiger partial charge in [0, 0.05) is 18.7 Å². The van der Waals surface area contributed by atoms with Crippen LogP contribution in [-0.4, -0.2) is 41.9 Å². The third kappa shape index (κ3) is 2.44. The van der Waals surface area contributed by atoms with Crippen LogP contribution >= 0.6 is 0 Å². The van der Waals surface area contributed by atoms with Crippen LogP contribution in [0.2, 0.25) is 0 Å². The molecule has 1 N–H and O–H groups in total. The van der Waals surface area contributed by atoms with E-state index < -0.39 is 0 Å². The summed E-state index contributed by atoms with van der Waals surface area (Å²) in [7, 11) is 0. The summed E-state index contributed by atoms with van der Waals surface area (Å²) in [6, 6.07) is 6.70. The predicted octanol–water partition coefficient (Wildman–Crippen LogP) is 1.18. The highest BCUT2D eigenvalue weighted by atomic mass is 16.6. The average molecular weight is 252 g/mol. The van der Waals surface area contributed by atoms with Crippen molar-refractivity contribution < 1.29 is 14.8 Å². The highest BCUT2D eigenvalue weighted by molar-refractivity contribution is 5.63. The van der Waals surface area contributed by atoms with E-state index >= 15 is 0 Å². The molecule has 1 heterocycles. The Bertz CT molecular complexity index is 438. The SMILES string of the molecule is CC1COC(CO)CN1c1ccccc1[N+](=O)[O-]. The molecular formula is C12H16N2O4. The molecule has 1 fully saturated rings. The summed E-state index contributed by atoms with van der Waals surface area (Å²) in [5.74, 6) is 0. The summed E-state index contributed by atoms with van der Waals surface area (Å²) in [6.45, 7) is 2.79. The fourth-order valence-electron chi connectivity index (χ4n) is 2.12. The van der Waals surface area contributed by atoms with Gasteiger partial charge in [0.25, 0.3) is 5.69 Å². The molecule has 0 bridgehead atoms. The number of ether oxygens (including phenoxy) is 1. The van der Waals surface area contributed by atoms with Crippen LogP contribution in [0.5, 0.6) is 0 Å². The summed E-state index contributed by atoms with van der Waals surface area (Å²) >= 11 is 0. The van der Waals surface area contributed by atoms with Crippen LogP contribution in [0.4, 0.5) is 11.4 Å². The first-order chi connectivity index (χ1) is 8.63. The molecule has 0 aliphatic carbocycles. The van der Waals surface area contributed by atoms with Crippen molar-refractivity contribution in [2.24, 2.45) is 0 Å². The number of nitro benzene ring substituents is 1. The summed E-state index contributed by atoms with van der Waals surface area (Å²) < 4.78 is 5.43.